The monoisotopic (exact) mass is 179 g/mol. The van der Waals surface area contributed by atoms with Crippen molar-refractivity contribution in [3.63, 3.8) is 0 Å². The summed E-state index contributed by atoms with van der Waals surface area (Å²) in [4.78, 5) is 4.07. The number of aromatic amines is 1. The van der Waals surface area contributed by atoms with Crippen LogP contribution in [0.15, 0.2) is 18.8 Å². The number of rotatable bonds is 1. The summed E-state index contributed by atoms with van der Waals surface area (Å²) in [5.41, 5.74) is 2.55. The van der Waals surface area contributed by atoms with Crippen LogP contribution in [-0.4, -0.2) is 15.2 Å². The molecule has 60 valence electrons. The van der Waals surface area contributed by atoms with Gasteiger partial charge in [0.05, 0.1) is 11.7 Å². The molecular weight excluding hydrogens is 174 g/mol. The number of halogens is 1. The Hall–Kier alpha value is -1.35. The fourth-order valence-electron chi connectivity index (χ4n) is 1.09. The summed E-state index contributed by atoms with van der Waals surface area (Å²) in [6.45, 7) is 3.67. The molecule has 0 spiro atoms. The molecule has 1 N–H and O–H groups in total. The van der Waals surface area contributed by atoms with Crippen LogP contribution in [0.4, 0.5) is 0 Å². The molecule has 0 unspecified atom stereocenters. The van der Waals surface area contributed by atoms with Gasteiger partial charge in [-0.15, -0.1) is 0 Å². The third kappa shape index (κ3) is 0.987. The van der Waals surface area contributed by atoms with Crippen LogP contribution >= 0.6 is 11.6 Å². The summed E-state index contributed by atoms with van der Waals surface area (Å²) in [6, 6.07) is 1.75. The minimum Gasteiger partial charge on any atom is -0.276 e. The highest BCUT2D eigenvalue weighted by molar-refractivity contribution is 6.30. The number of fused-ring (bicyclic) bond motifs is 1. The molecule has 0 amide bonds. The first-order valence-electron chi connectivity index (χ1n) is 3.43. The van der Waals surface area contributed by atoms with Crippen molar-refractivity contribution in [2.75, 3.05) is 0 Å². The van der Waals surface area contributed by atoms with Gasteiger partial charge in [-0.05, 0) is 6.07 Å². The number of aromatic nitrogens is 3. The average Bonchev–Trinajstić information content (AvgIpc) is 2.50. The Morgan fingerprint density at radius 3 is 3.17 bits per heavy atom. The lowest BCUT2D eigenvalue weighted by Gasteiger charge is -1.95. The molecule has 2 heterocycles. The molecular formula is C8H6ClN3. The van der Waals surface area contributed by atoms with Gasteiger partial charge in [0.25, 0.3) is 0 Å². The second-order valence-corrected chi connectivity index (χ2v) is 2.76. The smallest absolute Gasteiger partial charge is 0.130 e. The third-order valence-electron chi connectivity index (χ3n) is 1.63. The molecule has 0 radical (unpaired) electrons. The van der Waals surface area contributed by atoms with Gasteiger partial charge in [0.15, 0.2) is 0 Å². The second kappa shape index (κ2) is 2.60. The number of nitrogens with one attached hydrogen (secondary N) is 1. The van der Waals surface area contributed by atoms with E-state index in [1.54, 1.807) is 18.3 Å². The SMILES string of the molecule is C=Cc1cc(Cl)nc2cn[nH]c12. The Balaban J connectivity index is 2.88. The van der Waals surface area contributed by atoms with Crippen molar-refractivity contribution in [1.82, 2.24) is 15.2 Å². The van der Waals surface area contributed by atoms with Gasteiger partial charge < -0.3 is 0 Å². The van der Waals surface area contributed by atoms with E-state index in [-0.39, 0.29) is 0 Å². The zero-order chi connectivity index (χ0) is 8.55. The van der Waals surface area contributed by atoms with Gasteiger partial charge in [0, 0.05) is 5.56 Å². The highest BCUT2D eigenvalue weighted by atomic mass is 35.5. The van der Waals surface area contributed by atoms with E-state index in [0.29, 0.717) is 5.15 Å². The maximum Gasteiger partial charge on any atom is 0.130 e. The summed E-state index contributed by atoms with van der Waals surface area (Å²) in [7, 11) is 0. The van der Waals surface area contributed by atoms with Crippen molar-refractivity contribution in [2.45, 2.75) is 0 Å². The molecule has 0 aliphatic heterocycles. The molecule has 2 rings (SSSR count). The van der Waals surface area contributed by atoms with Gasteiger partial charge >= 0.3 is 0 Å². The highest BCUT2D eigenvalue weighted by Crippen LogP contribution is 2.18. The molecule has 0 aliphatic rings. The van der Waals surface area contributed by atoms with Crippen molar-refractivity contribution in [1.29, 1.82) is 0 Å². The molecule has 0 atom stereocenters. The lowest BCUT2D eigenvalue weighted by atomic mass is 10.2. The molecule has 0 saturated heterocycles. The lowest BCUT2D eigenvalue weighted by Crippen LogP contribution is -1.81. The first-order chi connectivity index (χ1) is 5.81. The topological polar surface area (TPSA) is 41.6 Å². The average molecular weight is 180 g/mol. The van der Waals surface area contributed by atoms with Crippen molar-refractivity contribution in [2.24, 2.45) is 0 Å². The molecule has 4 heteroatoms. The van der Waals surface area contributed by atoms with Crippen LogP contribution in [0.1, 0.15) is 5.56 Å². The van der Waals surface area contributed by atoms with Crippen molar-refractivity contribution in [3.8, 4) is 0 Å². The maximum atomic E-state index is 5.76. The second-order valence-electron chi connectivity index (χ2n) is 2.37. The fraction of sp³-hybridized carbons (Fsp3) is 0. The van der Waals surface area contributed by atoms with Crippen LogP contribution in [0, 0.1) is 0 Å². The van der Waals surface area contributed by atoms with E-state index in [0.717, 1.165) is 16.6 Å². The minimum absolute atomic E-state index is 0.457. The van der Waals surface area contributed by atoms with Crippen LogP contribution in [0.25, 0.3) is 17.1 Å². The predicted octanol–water partition coefficient (Wildman–Crippen LogP) is 2.25. The van der Waals surface area contributed by atoms with Gasteiger partial charge in [0.1, 0.15) is 10.7 Å². The molecule has 0 fully saturated rings. The maximum absolute atomic E-state index is 5.76. The Kier molecular flexibility index (Phi) is 1.59. The van der Waals surface area contributed by atoms with E-state index >= 15 is 0 Å². The molecule has 2 aromatic rings. The molecule has 0 aromatic carbocycles. The Labute approximate surface area is 74.1 Å². The summed E-state index contributed by atoms with van der Waals surface area (Å²) in [6.07, 6.45) is 3.35. The highest BCUT2D eigenvalue weighted by Gasteiger charge is 2.02. The van der Waals surface area contributed by atoms with Crippen molar-refractivity contribution < 1.29 is 0 Å². The zero-order valence-corrected chi connectivity index (χ0v) is 6.97. The van der Waals surface area contributed by atoms with E-state index in [1.165, 1.54) is 0 Å². The molecule has 3 nitrogen and oxygen atoms in total. The van der Waals surface area contributed by atoms with E-state index < -0.39 is 0 Å². The van der Waals surface area contributed by atoms with Crippen LogP contribution < -0.4 is 0 Å². The van der Waals surface area contributed by atoms with Gasteiger partial charge in [-0.1, -0.05) is 24.3 Å². The number of hydrogen-bond donors (Lipinski definition) is 1. The fourth-order valence-corrected chi connectivity index (χ4v) is 1.29. The quantitative estimate of drug-likeness (QED) is 0.683. The Morgan fingerprint density at radius 1 is 1.58 bits per heavy atom. The summed E-state index contributed by atoms with van der Waals surface area (Å²) in [5.74, 6) is 0. The van der Waals surface area contributed by atoms with Crippen molar-refractivity contribution >= 4 is 28.7 Å². The zero-order valence-electron chi connectivity index (χ0n) is 6.21. The van der Waals surface area contributed by atoms with E-state index in [4.69, 9.17) is 11.6 Å². The van der Waals surface area contributed by atoms with Gasteiger partial charge in [-0.25, -0.2) is 4.98 Å². The van der Waals surface area contributed by atoms with Crippen molar-refractivity contribution in [3.05, 3.63) is 29.6 Å². The van der Waals surface area contributed by atoms with Gasteiger partial charge in [-0.2, -0.15) is 5.10 Å². The van der Waals surface area contributed by atoms with Crippen LogP contribution in [0.2, 0.25) is 5.15 Å². The molecule has 0 aliphatic carbocycles. The molecule has 12 heavy (non-hydrogen) atoms. The van der Waals surface area contributed by atoms with Crippen LogP contribution in [0.5, 0.6) is 0 Å². The first kappa shape index (κ1) is 7.31. The Bertz CT molecular complexity index is 433. The summed E-state index contributed by atoms with van der Waals surface area (Å²) in [5, 5.41) is 7.14. The summed E-state index contributed by atoms with van der Waals surface area (Å²) < 4.78 is 0. The summed E-state index contributed by atoms with van der Waals surface area (Å²) >= 11 is 5.76. The Morgan fingerprint density at radius 2 is 2.42 bits per heavy atom. The normalized spacial score (nSPS) is 10.4. The van der Waals surface area contributed by atoms with E-state index in [9.17, 15) is 0 Å². The number of hydrogen-bond acceptors (Lipinski definition) is 2. The van der Waals surface area contributed by atoms with Crippen LogP contribution in [-0.2, 0) is 0 Å². The lowest BCUT2D eigenvalue weighted by molar-refractivity contribution is 1.12. The van der Waals surface area contributed by atoms with Gasteiger partial charge in [0.2, 0.25) is 0 Å². The first-order valence-corrected chi connectivity index (χ1v) is 3.81. The predicted molar refractivity (Wildman–Crippen MR) is 49.0 cm³/mol. The van der Waals surface area contributed by atoms with E-state index in [2.05, 4.69) is 21.8 Å². The minimum atomic E-state index is 0.457. The third-order valence-corrected chi connectivity index (χ3v) is 1.82. The standard InChI is InChI=1S/C8H6ClN3/c1-2-5-3-7(9)11-6-4-10-12-8(5)6/h2-4H,1H2,(H,10,12). The molecule has 0 bridgehead atoms. The van der Waals surface area contributed by atoms with Gasteiger partial charge in [-0.3, -0.25) is 5.10 Å². The van der Waals surface area contributed by atoms with Crippen LogP contribution in [0.3, 0.4) is 0 Å². The number of H-pyrrole nitrogens is 1. The molecule has 2 aromatic heterocycles. The van der Waals surface area contributed by atoms with E-state index in [1.807, 2.05) is 0 Å². The number of pyridine rings is 1. The molecule has 0 saturated carbocycles. The number of nitrogens with zero attached hydrogens (tertiary/aromatic N) is 2. The largest absolute Gasteiger partial charge is 0.276 e.